The Kier molecular flexibility index (Phi) is 3.61. The monoisotopic (exact) mass is 249 g/mol. The molecule has 1 atom stereocenters. The number of rotatable bonds is 6. The molecule has 1 saturated carbocycles. The van der Waals surface area contributed by atoms with E-state index in [-0.39, 0.29) is 0 Å². The summed E-state index contributed by atoms with van der Waals surface area (Å²) < 4.78 is 1.96. The van der Waals surface area contributed by atoms with Crippen molar-refractivity contribution in [2.45, 2.75) is 45.3 Å². The van der Waals surface area contributed by atoms with Crippen LogP contribution in [0.1, 0.15) is 32.0 Å². The van der Waals surface area contributed by atoms with Crippen molar-refractivity contribution >= 4 is 0 Å². The van der Waals surface area contributed by atoms with Crippen LogP contribution in [0.2, 0.25) is 0 Å². The minimum atomic E-state index is 0.823. The minimum Gasteiger partial charge on any atom is -0.310 e. The van der Waals surface area contributed by atoms with E-state index in [1.807, 2.05) is 4.68 Å². The van der Waals surface area contributed by atoms with Crippen molar-refractivity contribution in [1.29, 1.82) is 0 Å². The van der Waals surface area contributed by atoms with E-state index in [4.69, 9.17) is 0 Å². The highest BCUT2D eigenvalue weighted by molar-refractivity contribution is 4.90. The van der Waals surface area contributed by atoms with Gasteiger partial charge in [-0.1, -0.05) is 0 Å². The number of nitrogens with zero attached hydrogens (tertiary/aromatic N) is 4. The molecule has 1 unspecified atom stereocenters. The van der Waals surface area contributed by atoms with Crippen LogP contribution in [0.5, 0.6) is 0 Å². The maximum absolute atomic E-state index is 4.28. The van der Waals surface area contributed by atoms with Crippen LogP contribution >= 0.6 is 0 Å². The number of hydrogen-bond acceptors (Lipinski definition) is 4. The van der Waals surface area contributed by atoms with Gasteiger partial charge in [0.25, 0.3) is 0 Å². The maximum atomic E-state index is 4.28. The van der Waals surface area contributed by atoms with Crippen LogP contribution in [0.25, 0.3) is 0 Å². The van der Waals surface area contributed by atoms with E-state index in [0.29, 0.717) is 0 Å². The SMILES string of the molecule is CCn1ncnc1CNCC1CCN(C2CC2)C1. The smallest absolute Gasteiger partial charge is 0.140 e. The third-order valence-electron chi connectivity index (χ3n) is 4.09. The zero-order chi connectivity index (χ0) is 12.4. The molecule has 5 nitrogen and oxygen atoms in total. The number of nitrogens with one attached hydrogen (secondary N) is 1. The molecule has 3 rings (SSSR count). The van der Waals surface area contributed by atoms with E-state index < -0.39 is 0 Å². The van der Waals surface area contributed by atoms with Gasteiger partial charge in [-0.25, -0.2) is 9.67 Å². The molecule has 1 aromatic heterocycles. The topological polar surface area (TPSA) is 46.0 Å². The Morgan fingerprint density at radius 2 is 2.28 bits per heavy atom. The first-order valence-electron chi connectivity index (χ1n) is 7.18. The molecule has 1 aliphatic carbocycles. The molecule has 1 aromatic rings. The first-order valence-corrected chi connectivity index (χ1v) is 7.18. The van der Waals surface area contributed by atoms with Gasteiger partial charge in [-0.3, -0.25) is 0 Å². The Bertz CT molecular complexity index is 384. The summed E-state index contributed by atoms with van der Waals surface area (Å²) in [5, 5.41) is 7.72. The molecule has 0 bridgehead atoms. The summed E-state index contributed by atoms with van der Waals surface area (Å²) in [6.45, 7) is 7.55. The summed E-state index contributed by atoms with van der Waals surface area (Å²) in [6.07, 6.45) is 5.86. The van der Waals surface area contributed by atoms with Crippen LogP contribution in [0.4, 0.5) is 0 Å². The van der Waals surface area contributed by atoms with Gasteiger partial charge in [0.1, 0.15) is 12.2 Å². The molecule has 1 N–H and O–H groups in total. The summed E-state index contributed by atoms with van der Waals surface area (Å²) in [4.78, 5) is 6.95. The molecule has 1 aliphatic heterocycles. The van der Waals surface area contributed by atoms with E-state index in [1.165, 1.54) is 32.4 Å². The molecule has 0 amide bonds. The van der Waals surface area contributed by atoms with Crippen LogP contribution in [-0.4, -0.2) is 45.3 Å². The zero-order valence-corrected chi connectivity index (χ0v) is 11.2. The molecule has 0 aromatic carbocycles. The molecule has 5 heteroatoms. The second-order valence-corrected chi connectivity index (χ2v) is 5.50. The van der Waals surface area contributed by atoms with Gasteiger partial charge in [0, 0.05) is 19.1 Å². The lowest BCUT2D eigenvalue weighted by molar-refractivity contribution is 0.311. The second-order valence-electron chi connectivity index (χ2n) is 5.50. The van der Waals surface area contributed by atoms with Crippen molar-refractivity contribution in [3.8, 4) is 0 Å². The quantitative estimate of drug-likeness (QED) is 0.812. The van der Waals surface area contributed by atoms with Gasteiger partial charge in [-0.05, 0) is 45.2 Å². The van der Waals surface area contributed by atoms with Crippen molar-refractivity contribution in [2.75, 3.05) is 19.6 Å². The normalized spacial score (nSPS) is 24.8. The molecule has 2 aliphatic rings. The Hall–Kier alpha value is -0.940. The van der Waals surface area contributed by atoms with Crippen molar-refractivity contribution in [3.63, 3.8) is 0 Å². The van der Waals surface area contributed by atoms with Gasteiger partial charge in [-0.2, -0.15) is 5.10 Å². The van der Waals surface area contributed by atoms with Gasteiger partial charge in [-0.15, -0.1) is 0 Å². The molecule has 0 spiro atoms. The highest BCUT2D eigenvalue weighted by Crippen LogP contribution is 2.31. The van der Waals surface area contributed by atoms with Crippen LogP contribution < -0.4 is 5.32 Å². The Labute approximate surface area is 109 Å². The lowest BCUT2D eigenvalue weighted by atomic mass is 10.1. The fourth-order valence-electron chi connectivity index (χ4n) is 2.88. The number of aryl methyl sites for hydroxylation is 1. The van der Waals surface area contributed by atoms with E-state index in [1.54, 1.807) is 6.33 Å². The molecule has 100 valence electrons. The number of aromatic nitrogens is 3. The average Bonchev–Trinajstić information content (AvgIpc) is 2.96. The minimum absolute atomic E-state index is 0.823. The summed E-state index contributed by atoms with van der Waals surface area (Å²) >= 11 is 0. The van der Waals surface area contributed by atoms with Crippen LogP contribution in [0.15, 0.2) is 6.33 Å². The largest absolute Gasteiger partial charge is 0.310 e. The summed E-state index contributed by atoms with van der Waals surface area (Å²) in [5.41, 5.74) is 0. The van der Waals surface area contributed by atoms with E-state index in [0.717, 1.165) is 37.4 Å². The fourth-order valence-corrected chi connectivity index (χ4v) is 2.88. The Balaban J connectivity index is 1.39. The van der Waals surface area contributed by atoms with Crippen molar-refractivity contribution < 1.29 is 0 Å². The van der Waals surface area contributed by atoms with Gasteiger partial charge < -0.3 is 10.2 Å². The third kappa shape index (κ3) is 2.72. The third-order valence-corrected chi connectivity index (χ3v) is 4.09. The first kappa shape index (κ1) is 12.1. The zero-order valence-electron chi connectivity index (χ0n) is 11.2. The van der Waals surface area contributed by atoms with E-state index >= 15 is 0 Å². The predicted molar refractivity (Wildman–Crippen MR) is 70.1 cm³/mol. The fraction of sp³-hybridized carbons (Fsp3) is 0.846. The molecular weight excluding hydrogens is 226 g/mol. The summed E-state index contributed by atoms with van der Waals surface area (Å²) in [7, 11) is 0. The van der Waals surface area contributed by atoms with Gasteiger partial charge in [0.05, 0.1) is 6.54 Å². The lowest BCUT2D eigenvalue weighted by Crippen LogP contribution is -2.28. The van der Waals surface area contributed by atoms with E-state index in [2.05, 4.69) is 27.2 Å². The Morgan fingerprint density at radius 1 is 1.39 bits per heavy atom. The number of hydrogen-bond donors (Lipinski definition) is 1. The van der Waals surface area contributed by atoms with Crippen molar-refractivity contribution in [3.05, 3.63) is 12.2 Å². The molecule has 1 saturated heterocycles. The summed E-state index contributed by atoms with van der Waals surface area (Å²) in [5.74, 6) is 1.87. The predicted octanol–water partition coefficient (Wildman–Crippen LogP) is 0.872. The molecule has 2 heterocycles. The molecule has 0 radical (unpaired) electrons. The summed E-state index contributed by atoms with van der Waals surface area (Å²) in [6, 6.07) is 0.929. The van der Waals surface area contributed by atoms with Gasteiger partial charge in [0.15, 0.2) is 0 Å². The van der Waals surface area contributed by atoms with Crippen LogP contribution in [0.3, 0.4) is 0 Å². The van der Waals surface area contributed by atoms with Crippen LogP contribution in [0, 0.1) is 5.92 Å². The number of likely N-dealkylation sites (tertiary alicyclic amines) is 1. The van der Waals surface area contributed by atoms with Crippen molar-refractivity contribution in [2.24, 2.45) is 5.92 Å². The maximum Gasteiger partial charge on any atom is 0.140 e. The molecule has 2 fully saturated rings. The van der Waals surface area contributed by atoms with Gasteiger partial charge >= 0.3 is 0 Å². The molecule has 18 heavy (non-hydrogen) atoms. The first-order chi connectivity index (χ1) is 8.86. The van der Waals surface area contributed by atoms with E-state index in [9.17, 15) is 0 Å². The highest BCUT2D eigenvalue weighted by atomic mass is 15.3. The van der Waals surface area contributed by atoms with Crippen LogP contribution in [-0.2, 0) is 13.1 Å². The molecular formula is C13H23N5. The lowest BCUT2D eigenvalue weighted by Gasteiger charge is -2.15. The highest BCUT2D eigenvalue weighted by Gasteiger charge is 2.33. The Morgan fingerprint density at radius 3 is 3.06 bits per heavy atom. The second kappa shape index (κ2) is 5.36. The standard InChI is InChI=1S/C13H23N5/c1-2-18-13(15-10-16-18)8-14-7-11-5-6-17(9-11)12-3-4-12/h10-12,14H,2-9H2,1H3. The van der Waals surface area contributed by atoms with Gasteiger partial charge in [0.2, 0.25) is 0 Å². The van der Waals surface area contributed by atoms with Crippen molar-refractivity contribution in [1.82, 2.24) is 25.0 Å². The average molecular weight is 249 g/mol.